The summed E-state index contributed by atoms with van der Waals surface area (Å²) in [4.78, 5) is 29.0. The lowest BCUT2D eigenvalue weighted by molar-refractivity contribution is -0.130. The molecular formula is C28H24ClN3O3. The highest BCUT2D eigenvalue weighted by molar-refractivity contribution is 6.31. The van der Waals surface area contributed by atoms with Crippen molar-refractivity contribution in [1.82, 2.24) is 9.99 Å². The van der Waals surface area contributed by atoms with Crippen LogP contribution in [0.2, 0.25) is 5.02 Å². The Balaban J connectivity index is 1.70. The third kappa shape index (κ3) is 4.33. The van der Waals surface area contributed by atoms with E-state index in [1.807, 2.05) is 67.6 Å². The molecule has 1 aliphatic rings. The summed E-state index contributed by atoms with van der Waals surface area (Å²) < 4.78 is 5.66. The maximum Gasteiger partial charge on any atom is 0.258 e. The van der Waals surface area contributed by atoms with Crippen LogP contribution in [0.4, 0.5) is 0 Å². The fraction of sp³-hybridized carbons (Fsp3) is 0.179. The van der Waals surface area contributed by atoms with Gasteiger partial charge in [0, 0.05) is 34.8 Å². The number of fused-ring (bicyclic) bond motifs is 1. The Morgan fingerprint density at radius 2 is 1.89 bits per heavy atom. The molecular weight excluding hydrogens is 462 g/mol. The number of hydrogen-bond donors (Lipinski definition) is 1. The summed E-state index contributed by atoms with van der Waals surface area (Å²) in [5.74, 6) is 0.526. The van der Waals surface area contributed by atoms with Gasteiger partial charge in [-0.3, -0.25) is 9.59 Å². The minimum Gasteiger partial charge on any atom is -0.494 e. The summed E-state index contributed by atoms with van der Waals surface area (Å²) >= 11 is 6.35. The summed E-state index contributed by atoms with van der Waals surface area (Å²) in [5.41, 5.74) is 3.94. The first kappa shape index (κ1) is 22.9. The van der Waals surface area contributed by atoms with E-state index in [4.69, 9.17) is 16.3 Å². The first-order valence-corrected chi connectivity index (χ1v) is 11.9. The van der Waals surface area contributed by atoms with E-state index in [9.17, 15) is 9.59 Å². The van der Waals surface area contributed by atoms with Crippen molar-refractivity contribution in [2.24, 2.45) is 5.10 Å². The number of hydrazone groups is 1. The predicted molar refractivity (Wildman–Crippen MR) is 139 cm³/mol. The van der Waals surface area contributed by atoms with Gasteiger partial charge in [-0.05, 0) is 48.4 Å². The van der Waals surface area contributed by atoms with Crippen molar-refractivity contribution in [1.29, 1.82) is 0 Å². The van der Waals surface area contributed by atoms with E-state index in [1.54, 1.807) is 12.1 Å². The molecule has 0 bridgehead atoms. The van der Waals surface area contributed by atoms with Crippen LogP contribution in [-0.4, -0.2) is 28.2 Å². The van der Waals surface area contributed by atoms with Crippen LogP contribution in [0.5, 0.6) is 5.75 Å². The van der Waals surface area contributed by atoms with Gasteiger partial charge in [-0.2, -0.15) is 5.10 Å². The molecule has 176 valence electrons. The quantitative estimate of drug-likeness (QED) is 0.380. The number of carbonyl (C=O) groups is 1. The van der Waals surface area contributed by atoms with Gasteiger partial charge in [0.15, 0.2) is 0 Å². The van der Waals surface area contributed by atoms with Gasteiger partial charge in [0.2, 0.25) is 5.91 Å². The van der Waals surface area contributed by atoms with E-state index in [1.165, 1.54) is 11.9 Å². The molecule has 1 aromatic heterocycles. The molecule has 0 saturated carbocycles. The number of aromatic nitrogens is 1. The second-order valence-electron chi connectivity index (χ2n) is 8.40. The zero-order valence-corrected chi connectivity index (χ0v) is 20.2. The second-order valence-corrected chi connectivity index (χ2v) is 8.83. The Kier molecular flexibility index (Phi) is 6.14. The van der Waals surface area contributed by atoms with Gasteiger partial charge in [-0.1, -0.05) is 54.1 Å². The largest absolute Gasteiger partial charge is 0.494 e. The summed E-state index contributed by atoms with van der Waals surface area (Å²) in [6.45, 7) is 3.95. The highest BCUT2D eigenvalue weighted by Gasteiger charge is 2.34. The molecule has 0 saturated heterocycles. The molecule has 5 rings (SSSR count). The number of H-pyrrole nitrogens is 1. The summed E-state index contributed by atoms with van der Waals surface area (Å²) in [6.07, 6.45) is 0.393. The SMILES string of the molecule is CCOc1cccc([C@H]2CC(c3c(-c4ccccc4)c4cc(Cl)ccc4[nH]c3=O)=NN2C(C)=O)c1. The first-order valence-electron chi connectivity index (χ1n) is 11.5. The number of halogens is 1. The van der Waals surface area contributed by atoms with Gasteiger partial charge in [0.05, 0.1) is 23.9 Å². The molecule has 1 atom stereocenters. The van der Waals surface area contributed by atoms with Crippen LogP contribution in [-0.2, 0) is 4.79 Å². The lowest BCUT2D eigenvalue weighted by Gasteiger charge is -2.21. The molecule has 0 fully saturated rings. The Morgan fingerprint density at radius 1 is 1.09 bits per heavy atom. The Hall–Kier alpha value is -3.90. The minimum atomic E-state index is -0.346. The topological polar surface area (TPSA) is 74.8 Å². The van der Waals surface area contributed by atoms with Gasteiger partial charge in [0.25, 0.3) is 5.56 Å². The summed E-state index contributed by atoms with van der Waals surface area (Å²) in [5, 5.41) is 7.51. The molecule has 3 aromatic carbocycles. The van der Waals surface area contributed by atoms with Gasteiger partial charge < -0.3 is 9.72 Å². The van der Waals surface area contributed by atoms with Crippen LogP contribution < -0.4 is 10.3 Å². The highest BCUT2D eigenvalue weighted by Crippen LogP contribution is 2.38. The maximum absolute atomic E-state index is 13.5. The third-order valence-electron chi connectivity index (χ3n) is 6.11. The number of amides is 1. The number of pyridine rings is 1. The standard InChI is InChI=1S/C28H24ClN3O3/c1-3-35-21-11-7-10-19(14-21)25-16-24(31-32(25)17(2)33)27-26(18-8-5-4-6-9-18)22-15-20(29)12-13-23(22)30-28(27)34/h4-15,25H,3,16H2,1-2H3,(H,30,34)/t25-/m1/s1. The molecule has 1 N–H and O–H groups in total. The van der Waals surface area contributed by atoms with Crippen molar-refractivity contribution in [2.75, 3.05) is 6.61 Å². The van der Waals surface area contributed by atoms with E-state index < -0.39 is 0 Å². The van der Waals surface area contributed by atoms with Crippen molar-refractivity contribution in [2.45, 2.75) is 26.3 Å². The van der Waals surface area contributed by atoms with Gasteiger partial charge in [0.1, 0.15) is 5.75 Å². The first-order chi connectivity index (χ1) is 17.0. The number of aromatic amines is 1. The summed E-state index contributed by atoms with van der Waals surface area (Å²) in [7, 11) is 0. The second kappa shape index (κ2) is 9.39. The van der Waals surface area contributed by atoms with Crippen LogP contribution in [0.1, 0.15) is 37.4 Å². The van der Waals surface area contributed by atoms with E-state index in [0.29, 0.717) is 34.8 Å². The number of benzene rings is 3. The van der Waals surface area contributed by atoms with Crippen molar-refractivity contribution in [3.8, 4) is 16.9 Å². The van der Waals surface area contributed by atoms with Crippen molar-refractivity contribution in [3.63, 3.8) is 0 Å². The highest BCUT2D eigenvalue weighted by atomic mass is 35.5. The Morgan fingerprint density at radius 3 is 2.63 bits per heavy atom. The lowest BCUT2D eigenvalue weighted by Crippen LogP contribution is -2.24. The molecule has 0 aliphatic carbocycles. The molecule has 6 nitrogen and oxygen atoms in total. The van der Waals surface area contributed by atoms with E-state index >= 15 is 0 Å². The van der Waals surface area contributed by atoms with Crippen LogP contribution in [0.25, 0.3) is 22.0 Å². The summed E-state index contributed by atoms with van der Waals surface area (Å²) in [6, 6.07) is 22.4. The monoisotopic (exact) mass is 485 g/mol. The molecule has 0 spiro atoms. The molecule has 2 heterocycles. The van der Waals surface area contributed by atoms with Crippen LogP contribution in [0.15, 0.2) is 82.7 Å². The van der Waals surface area contributed by atoms with Crippen molar-refractivity contribution < 1.29 is 9.53 Å². The zero-order chi connectivity index (χ0) is 24.5. The number of rotatable bonds is 5. The number of nitrogens with one attached hydrogen (secondary N) is 1. The van der Waals surface area contributed by atoms with E-state index in [-0.39, 0.29) is 17.5 Å². The zero-order valence-electron chi connectivity index (χ0n) is 19.4. The molecule has 0 radical (unpaired) electrons. The lowest BCUT2D eigenvalue weighted by atomic mass is 9.91. The van der Waals surface area contributed by atoms with E-state index in [0.717, 1.165) is 27.8 Å². The van der Waals surface area contributed by atoms with Gasteiger partial charge in [-0.25, -0.2) is 5.01 Å². The maximum atomic E-state index is 13.5. The van der Waals surface area contributed by atoms with Crippen molar-refractivity contribution >= 4 is 34.1 Å². The third-order valence-corrected chi connectivity index (χ3v) is 6.35. The fourth-order valence-corrected chi connectivity index (χ4v) is 4.81. The normalized spacial score (nSPS) is 15.3. The van der Waals surface area contributed by atoms with Gasteiger partial charge in [-0.15, -0.1) is 0 Å². The molecule has 1 amide bonds. The van der Waals surface area contributed by atoms with Crippen LogP contribution in [0.3, 0.4) is 0 Å². The van der Waals surface area contributed by atoms with Crippen LogP contribution >= 0.6 is 11.6 Å². The van der Waals surface area contributed by atoms with E-state index in [2.05, 4.69) is 10.1 Å². The number of hydrogen-bond acceptors (Lipinski definition) is 4. The number of carbonyl (C=O) groups excluding carboxylic acids is 1. The Labute approximate surface area is 207 Å². The molecule has 0 unspecified atom stereocenters. The predicted octanol–water partition coefficient (Wildman–Crippen LogP) is 5.94. The Bertz CT molecular complexity index is 1510. The molecule has 35 heavy (non-hydrogen) atoms. The number of ether oxygens (including phenoxy) is 1. The smallest absolute Gasteiger partial charge is 0.258 e. The average molecular weight is 486 g/mol. The van der Waals surface area contributed by atoms with Crippen LogP contribution in [0, 0.1) is 0 Å². The average Bonchev–Trinajstić information content (AvgIpc) is 3.30. The van der Waals surface area contributed by atoms with Crippen molar-refractivity contribution in [3.05, 3.63) is 99.3 Å². The molecule has 4 aromatic rings. The van der Waals surface area contributed by atoms with Gasteiger partial charge >= 0.3 is 0 Å². The minimum absolute atomic E-state index is 0.201. The number of nitrogens with zero attached hydrogens (tertiary/aromatic N) is 2. The molecule has 1 aliphatic heterocycles. The fourth-order valence-electron chi connectivity index (χ4n) is 4.63. The molecule has 7 heteroatoms.